The second kappa shape index (κ2) is 5.80. The lowest BCUT2D eigenvalue weighted by Crippen LogP contribution is -2.13. The van der Waals surface area contributed by atoms with Crippen molar-refractivity contribution in [3.05, 3.63) is 47.9 Å². The van der Waals surface area contributed by atoms with Crippen LogP contribution in [0.15, 0.2) is 36.5 Å². The number of rotatable bonds is 4. The molecule has 7 nitrogen and oxygen atoms in total. The van der Waals surface area contributed by atoms with Gasteiger partial charge in [-0.2, -0.15) is 10.1 Å². The fourth-order valence-corrected chi connectivity index (χ4v) is 2.04. The van der Waals surface area contributed by atoms with E-state index >= 15 is 0 Å². The highest BCUT2D eigenvalue weighted by molar-refractivity contribution is 6.07. The predicted molar refractivity (Wildman–Crippen MR) is 82.4 cm³/mol. The van der Waals surface area contributed by atoms with Gasteiger partial charge in [0.05, 0.1) is 17.5 Å². The minimum absolute atomic E-state index is 0.215. The predicted octanol–water partition coefficient (Wildman–Crippen LogP) is 2.57. The molecule has 3 N–H and O–H groups in total. The number of nitrogens with zero attached hydrogens (tertiary/aromatic N) is 3. The van der Waals surface area contributed by atoms with Crippen LogP contribution < -0.4 is 5.32 Å². The van der Waals surface area contributed by atoms with Gasteiger partial charge in [0.2, 0.25) is 5.95 Å². The Morgan fingerprint density at radius 2 is 1.95 bits per heavy atom. The maximum Gasteiger partial charge on any atom is 0.261 e. The average molecular weight is 296 g/mol. The number of amides is 1. The van der Waals surface area contributed by atoms with Gasteiger partial charge in [0.1, 0.15) is 5.82 Å². The molecule has 0 atom stereocenters. The fraction of sp³-hybridized carbons (Fsp3) is 0.200. The summed E-state index contributed by atoms with van der Waals surface area (Å²) >= 11 is 0. The summed E-state index contributed by atoms with van der Waals surface area (Å²) in [5.74, 6) is 0.897. The van der Waals surface area contributed by atoms with Gasteiger partial charge in [-0.3, -0.25) is 20.3 Å². The Morgan fingerprint density at radius 3 is 2.64 bits per heavy atom. The molecule has 0 spiro atoms. The highest BCUT2D eigenvalue weighted by Crippen LogP contribution is 2.21. The van der Waals surface area contributed by atoms with Crippen LogP contribution in [0.25, 0.3) is 11.3 Å². The Bertz CT molecular complexity index is 774. The number of nitrogens with one attached hydrogen (secondary N) is 3. The first-order valence-corrected chi connectivity index (χ1v) is 6.97. The summed E-state index contributed by atoms with van der Waals surface area (Å²) in [5, 5.41) is 16.3. The van der Waals surface area contributed by atoms with Gasteiger partial charge < -0.3 is 0 Å². The average Bonchev–Trinajstić information content (AvgIpc) is 3.17. The van der Waals surface area contributed by atoms with E-state index in [0.29, 0.717) is 11.3 Å². The number of aromatic nitrogens is 5. The number of aromatic amines is 2. The van der Waals surface area contributed by atoms with Gasteiger partial charge in [-0.25, -0.2) is 0 Å². The molecule has 0 aliphatic carbocycles. The van der Waals surface area contributed by atoms with Crippen molar-refractivity contribution in [3.8, 4) is 11.3 Å². The van der Waals surface area contributed by atoms with Crippen LogP contribution in [0.5, 0.6) is 0 Å². The van der Waals surface area contributed by atoms with Gasteiger partial charge in [0, 0.05) is 11.5 Å². The summed E-state index contributed by atoms with van der Waals surface area (Å²) in [6.45, 7) is 3.99. The zero-order chi connectivity index (χ0) is 15.5. The van der Waals surface area contributed by atoms with E-state index in [1.807, 2.05) is 44.2 Å². The lowest BCUT2D eigenvalue weighted by Gasteiger charge is -2.02. The molecular formula is C15H16N6O. The monoisotopic (exact) mass is 296 g/mol. The fourth-order valence-electron chi connectivity index (χ4n) is 2.04. The van der Waals surface area contributed by atoms with Crippen LogP contribution in [-0.2, 0) is 0 Å². The zero-order valence-corrected chi connectivity index (χ0v) is 12.3. The first-order valence-electron chi connectivity index (χ1n) is 6.97. The van der Waals surface area contributed by atoms with Crippen LogP contribution >= 0.6 is 0 Å². The third-order valence-electron chi connectivity index (χ3n) is 3.22. The maximum atomic E-state index is 12.4. The van der Waals surface area contributed by atoms with Gasteiger partial charge in [0.25, 0.3) is 5.91 Å². The second-order valence-corrected chi connectivity index (χ2v) is 5.18. The zero-order valence-electron chi connectivity index (χ0n) is 12.3. The number of carbonyl (C=O) groups is 1. The third-order valence-corrected chi connectivity index (χ3v) is 3.22. The van der Waals surface area contributed by atoms with Crippen molar-refractivity contribution in [2.75, 3.05) is 5.32 Å². The van der Waals surface area contributed by atoms with E-state index in [4.69, 9.17) is 0 Å². The van der Waals surface area contributed by atoms with Gasteiger partial charge in [-0.05, 0) is 0 Å². The molecule has 3 aromatic rings. The highest BCUT2D eigenvalue weighted by Gasteiger charge is 2.17. The Morgan fingerprint density at radius 1 is 1.18 bits per heavy atom. The summed E-state index contributed by atoms with van der Waals surface area (Å²) < 4.78 is 0. The summed E-state index contributed by atoms with van der Waals surface area (Å²) in [6.07, 6.45) is 1.49. The van der Waals surface area contributed by atoms with E-state index < -0.39 is 0 Å². The number of hydrogen-bond donors (Lipinski definition) is 3. The van der Waals surface area contributed by atoms with Crippen LogP contribution in [0, 0.1) is 0 Å². The molecule has 22 heavy (non-hydrogen) atoms. The molecule has 0 bridgehead atoms. The van der Waals surface area contributed by atoms with E-state index in [0.717, 1.165) is 11.4 Å². The van der Waals surface area contributed by atoms with Crippen LogP contribution in [0.4, 0.5) is 5.95 Å². The molecule has 2 aromatic heterocycles. The molecule has 0 radical (unpaired) electrons. The topological polar surface area (TPSA) is 99.3 Å². The van der Waals surface area contributed by atoms with Gasteiger partial charge in [0.15, 0.2) is 0 Å². The van der Waals surface area contributed by atoms with Crippen LogP contribution in [-0.4, -0.2) is 31.3 Å². The first kappa shape index (κ1) is 14.0. The van der Waals surface area contributed by atoms with Crippen molar-refractivity contribution < 1.29 is 4.79 Å². The van der Waals surface area contributed by atoms with Crippen LogP contribution in [0.3, 0.4) is 0 Å². The van der Waals surface area contributed by atoms with Crippen molar-refractivity contribution in [2.24, 2.45) is 0 Å². The van der Waals surface area contributed by atoms with E-state index in [2.05, 4.69) is 30.7 Å². The van der Waals surface area contributed by atoms with E-state index in [1.165, 1.54) is 6.20 Å². The van der Waals surface area contributed by atoms with E-state index in [1.54, 1.807) is 0 Å². The molecule has 112 valence electrons. The van der Waals surface area contributed by atoms with Crippen molar-refractivity contribution in [3.63, 3.8) is 0 Å². The van der Waals surface area contributed by atoms with Crippen molar-refractivity contribution in [1.29, 1.82) is 0 Å². The standard InChI is InChI=1S/C15H16N6O/c1-9(2)13-17-15(21-20-13)18-14(22)11-8-16-19-12(11)10-6-4-3-5-7-10/h3-9H,1-2H3,(H,16,19)(H2,17,18,20,21,22). The summed E-state index contributed by atoms with van der Waals surface area (Å²) in [4.78, 5) is 16.6. The number of benzene rings is 1. The first-order chi connectivity index (χ1) is 10.6. The molecule has 1 aromatic carbocycles. The van der Waals surface area contributed by atoms with E-state index in [9.17, 15) is 4.79 Å². The quantitative estimate of drug-likeness (QED) is 0.689. The molecule has 2 heterocycles. The highest BCUT2D eigenvalue weighted by atomic mass is 16.1. The molecule has 0 saturated heterocycles. The maximum absolute atomic E-state index is 12.4. The molecule has 0 unspecified atom stereocenters. The molecule has 1 amide bonds. The minimum Gasteiger partial charge on any atom is -0.289 e. The smallest absolute Gasteiger partial charge is 0.261 e. The minimum atomic E-state index is -0.304. The van der Waals surface area contributed by atoms with Gasteiger partial charge >= 0.3 is 0 Å². The number of carbonyl (C=O) groups excluding carboxylic acids is 1. The van der Waals surface area contributed by atoms with Crippen molar-refractivity contribution >= 4 is 11.9 Å². The molecule has 7 heteroatoms. The Kier molecular flexibility index (Phi) is 3.69. The molecular weight excluding hydrogens is 280 g/mol. The molecule has 3 rings (SSSR count). The number of H-pyrrole nitrogens is 2. The second-order valence-electron chi connectivity index (χ2n) is 5.18. The normalized spacial score (nSPS) is 10.9. The number of hydrogen-bond acceptors (Lipinski definition) is 4. The molecule has 0 aliphatic rings. The third kappa shape index (κ3) is 2.73. The Balaban J connectivity index is 1.83. The lowest BCUT2D eigenvalue weighted by molar-refractivity contribution is 0.102. The van der Waals surface area contributed by atoms with Crippen molar-refractivity contribution in [2.45, 2.75) is 19.8 Å². The van der Waals surface area contributed by atoms with Crippen LogP contribution in [0.1, 0.15) is 35.9 Å². The van der Waals surface area contributed by atoms with Gasteiger partial charge in [-0.15, -0.1) is 5.10 Å². The van der Waals surface area contributed by atoms with Gasteiger partial charge in [-0.1, -0.05) is 44.2 Å². The lowest BCUT2D eigenvalue weighted by atomic mass is 10.1. The SMILES string of the molecule is CC(C)c1nc(NC(=O)c2cn[nH]c2-c2ccccc2)n[nH]1. The Hall–Kier alpha value is -2.96. The summed E-state index contributed by atoms with van der Waals surface area (Å²) in [6, 6.07) is 9.55. The Labute approximate surface area is 127 Å². The molecule has 0 fully saturated rings. The summed E-state index contributed by atoms with van der Waals surface area (Å²) in [5.41, 5.74) is 2.00. The molecule has 0 saturated carbocycles. The van der Waals surface area contributed by atoms with E-state index in [-0.39, 0.29) is 17.8 Å². The largest absolute Gasteiger partial charge is 0.289 e. The van der Waals surface area contributed by atoms with Crippen molar-refractivity contribution in [1.82, 2.24) is 25.4 Å². The number of anilines is 1. The molecule has 0 aliphatic heterocycles. The van der Waals surface area contributed by atoms with Crippen LogP contribution in [0.2, 0.25) is 0 Å². The summed E-state index contributed by atoms with van der Waals surface area (Å²) in [7, 11) is 0.